The van der Waals surface area contributed by atoms with E-state index in [2.05, 4.69) is 10.6 Å². The highest BCUT2D eigenvalue weighted by atomic mass is 16.2. The molecule has 2 aromatic rings. The van der Waals surface area contributed by atoms with Crippen LogP contribution >= 0.6 is 0 Å². The molecule has 0 aliphatic heterocycles. The quantitative estimate of drug-likeness (QED) is 0.773. The number of anilines is 1. The van der Waals surface area contributed by atoms with Crippen LogP contribution in [0.25, 0.3) is 0 Å². The van der Waals surface area contributed by atoms with Crippen LogP contribution in [-0.2, 0) is 4.79 Å². The van der Waals surface area contributed by atoms with Gasteiger partial charge < -0.3 is 15.5 Å². The van der Waals surface area contributed by atoms with Crippen molar-refractivity contribution in [3.63, 3.8) is 0 Å². The number of carbonyl (C=O) groups excluding carboxylic acids is 3. The largest absolute Gasteiger partial charge is 0.345 e. The summed E-state index contributed by atoms with van der Waals surface area (Å²) in [6, 6.07) is 14.8. The molecular weight excluding hydrogens is 354 g/mol. The van der Waals surface area contributed by atoms with Gasteiger partial charge in [0.15, 0.2) is 0 Å². The second-order valence-corrected chi connectivity index (χ2v) is 6.97. The van der Waals surface area contributed by atoms with Gasteiger partial charge in [0.05, 0.1) is 0 Å². The van der Waals surface area contributed by atoms with Gasteiger partial charge in [-0.1, -0.05) is 38.5 Å². The highest BCUT2D eigenvalue weighted by Gasteiger charge is 2.26. The second-order valence-electron chi connectivity index (χ2n) is 6.97. The van der Waals surface area contributed by atoms with Crippen LogP contribution in [0.4, 0.5) is 5.69 Å². The monoisotopic (exact) mass is 381 g/mol. The van der Waals surface area contributed by atoms with Gasteiger partial charge in [0.25, 0.3) is 11.8 Å². The summed E-state index contributed by atoms with van der Waals surface area (Å²) >= 11 is 0. The first-order chi connectivity index (χ1) is 13.3. The maximum absolute atomic E-state index is 12.8. The number of nitrogens with one attached hydrogen (secondary N) is 2. The highest BCUT2D eigenvalue weighted by Crippen LogP contribution is 2.15. The Kier molecular flexibility index (Phi) is 7.32. The van der Waals surface area contributed by atoms with Gasteiger partial charge in [-0.05, 0) is 42.3 Å². The topological polar surface area (TPSA) is 78.5 Å². The lowest BCUT2D eigenvalue weighted by Crippen LogP contribution is -2.47. The van der Waals surface area contributed by atoms with Gasteiger partial charge in [-0.15, -0.1) is 0 Å². The smallest absolute Gasteiger partial charge is 0.253 e. The summed E-state index contributed by atoms with van der Waals surface area (Å²) < 4.78 is 0. The first-order valence-electron chi connectivity index (χ1n) is 9.32. The zero-order valence-electron chi connectivity index (χ0n) is 16.7. The lowest BCUT2D eigenvalue weighted by Gasteiger charge is -2.23. The van der Waals surface area contributed by atoms with Crippen molar-refractivity contribution in [2.45, 2.75) is 26.3 Å². The molecule has 148 valence electrons. The Bertz CT molecular complexity index is 817. The van der Waals surface area contributed by atoms with Gasteiger partial charge in [-0.3, -0.25) is 14.4 Å². The molecule has 0 aliphatic carbocycles. The third kappa shape index (κ3) is 5.42. The molecule has 6 heteroatoms. The number of nitrogens with zero attached hydrogens (tertiary/aromatic N) is 1. The van der Waals surface area contributed by atoms with Crippen molar-refractivity contribution in [3.8, 4) is 0 Å². The predicted octanol–water partition coefficient (Wildman–Crippen LogP) is 3.17. The molecule has 0 heterocycles. The van der Waals surface area contributed by atoms with Gasteiger partial charge in [-0.25, -0.2) is 0 Å². The SMILES string of the molecule is CCC(C)C(NC(=O)c1ccccc1)C(=O)Nc1ccc(C(=O)N(C)C)cc1. The molecular formula is C22H27N3O3. The fraction of sp³-hybridized carbons (Fsp3) is 0.318. The number of rotatable bonds is 7. The van der Waals surface area contributed by atoms with Crippen LogP contribution in [0.3, 0.4) is 0 Å². The molecule has 0 bridgehead atoms. The molecule has 0 saturated heterocycles. The summed E-state index contributed by atoms with van der Waals surface area (Å²) in [6.07, 6.45) is 0.740. The second kappa shape index (κ2) is 9.69. The number of benzene rings is 2. The van der Waals surface area contributed by atoms with E-state index in [1.54, 1.807) is 62.6 Å². The molecule has 3 amide bonds. The Morgan fingerprint density at radius 1 is 0.929 bits per heavy atom. The van der Waals surface area contributed by atoms with E-state index >= 15 is 0 Å². The van der Waals surface area contributed by atoms with E-state index in [1.165, 1.54) is 4.90 Å². The van der Waals surface area contributed by atoms with E-state index in [4.69, 9.17) is 0 Å². The Morgan fingerprint density at radius 2 is 1.54 bits per heavy atom. The van der Waals surface area contributed by atoms with Crippen LogP contribution in [0.1, 0.15) is 41.0 Å². The molecule has 6 nitrogen and oxygen atoms in total. The van der Waals surface area contributed by atoms with Crippen LogP contribution in [0, 0.1) is 5.92 Å². The van der Waals surface area contributed by atoms with Gasteiger partial charge in [0, 0.05) is 30.9 Å². The molecule has 0 aromatic heterocycles. The zero-order valence-corrected chi connectivity index (χ0v) is 16.7. The van der Waals surface area contributed by atoms with E-state index in [0.29, 0.717) is 16.8 Å². The lowest BCUT2D eigenvalue weighted by molar-refractivity contribution is -0.119. The fourth-order valence-electron chi connectivity index (χ4n) is 2.69. The summed E-state index contributed by atoms with van der Waals surface area (Å²) in [5.74, 6) is -0.717. The molecule has 2 N–H and O–H groups in total. The highest BCUT2D eigenvalue weighted by molar-refractivity contribution is 6.01. The van der Waals surface area contributed by atoms with Gasteiger partial charge in [0.2, 0.25) is 5.91 Å². The van der Waals surface area contributed by atoms with E-state index < -0.39 is 6.04 Å². The number of amides is 3. The standard InChI is InChI=1S/C22H27N3O3/c1-5-15(2)19(24-20(26)16-9-7-6-8-10-16)21(27)23-18-13-11-17(12-14-18)22(28)25(3)4/h6-15,19H,5H2,1-4H3,(H,23,27)(H,24,26). The minimum absolute atomic E-state index is 0.0396. The molecule has 28 heavy (non-hydrogen) atoms. The maximum Gasteiger partial charge on any atom is 0.253 e. The van der Waals surface area contributed by atoms with Crippen molar-refractivity contribution in [2.75, 3.05) is 19.4 Å². The minimum Gasteiger partial charge on any atom is -0.345 e. The van der Waals surface area contributed by atoms with Crippen molar-refractivity contribution >= 4 is 23.4 Å². The van der Waals surface area contributed by atoms with E-state index in [9.17, 15) is 14.4 Å². The van der Waals surface area contributed by atoms with Crippen molar-refractivity contribution < 1.29 is 14.4 Å². The number of carbonyl (C=O) groups is 3. The van der Waals surface area contributed by atoms with E-state index in [1.807, 2.05) is 19.9 Å². The van der Waals surface area contributed by atoms with E-state index in [0.717, 1.165) is 6.42 Å². The third-order valence-electron chi connectivity index (χ3n) is 4.62. The molecule has 2 atom stereocenters. The first kappa shape index (κ1) is 21.2. The average Bonchev–Trinajstić information content (AvgIpc) is 2.71. The van der Waals surface area contributed by atoms with E-state index in [-0.39, 0.29) is 23.6 Å². The minimum atomic E-state index is -0.666. The molecule has 0 saturated carbocycles. The van der Waals surface area contributed by atoms with Crippen LogP contribution < -0.4 is 10.6 Å². The summed E-state index contributed by atoms with van der Waals surface area (Å²) in [5, 5.41) is 5.67. The average molecular weight is 381 g/mol. The Balaban J connectivity index is 2.10. The Morgan fingerprint density at radius 3 is 2.07 bits per heavy atom. The van der Waals surface area contributed by atoms with Crippen molar-refractivity contribution in [3.05, 3.63) is 65.7 Å². The number of hydrogen-bond acceptors (Lipinski definition) is 3. The summed E-state index contributed by atoms with van der Waals surface area (Å²) in [5.41, 5.74) is 1.62. The van der Waals surface area contributed by atoms with Crippen LogP contribution in [-0.4, -0.2) is 42.8 Å². The molecule has 0 fully saturated rings. The summed E-state index contributed by atoms with van der Waals surface area (Å²) in [7, 11) is 3.37. The lowest BCUT2D eigenvalue weighted by atomic mass is 9.97. The van der Waals surface area contributed by atoms with Crippen LogP contribution in [0.15, 0.2) is 54.6 Å². The predicted molar refractivity (Wildman–Crippen MR) is 110 cm³/mol. The van der Waals surface area contributed by atoms with Crippen LogP contribution in [0.2, 0.25) is 0 Å². The first-order valence-corrected chi connectivity index (χ1v) is 9.32. The summed E-state index contributed by atoms with van der Waals surface area (Å²) in [6.45, 7) is 3.90. The van der Waals surface area contributed by atoms with Gasteiger partial charge in [-0.2, -0.15) is 0 Å². The normalized spacial score (nSPS) is 12.6. The fourth-order valence-corrected chi connectivity index (χ4v) is 2.69. The molecule has 2 aromatic carbocycles. The van der Waals surface area contributed by atoms with Crippen molar-refractivity contribution in [1.29, 1.82) is 0 Å². The molecule has 0 aliphatic rings. The number of hydrogen-bond donors (Lipinski definition) is 2. The molecule has 0 radical (unpaired) electrons. The van der Waals surface area contributed by atoms with Crippen LogP contribution in [0.5, 0.6) is 0 Å². The molecule has 2 unspecified atom stereocenters. The molecule has 2 rings (SSSR count). The third-order valence-corrected chi connectivity index (χ3v) is 4.62. The van der Waals surface area contributed by atoms with Gasteiger partial charge >= 0.3 is 0 Å². The Hall–Kier alpha value is -3.15. The summed E-state index contributed by atoms with van der Waals surface area (Å²) in [4.78, 5) is 38.7. The van der Waals surface area contributed by atoms with Gasteiger partial charge in [0.1, 0.15) is 6.04 Å². The molecule has 0 spiro atoms. The maximum atomic E-state index is 12.8. The Labute approximate surface area is 165 Å². The van der Waals surface area contributed by atoms with Crippen molar-refractivity contribution in [1.82, 2.24) is 10.2 Å². The van der Waals surface area contributed by atoms with Crippen molar-refractivity contribution in [2.24, 2.45) is 5.92 Å². The zero-order chi connectivity index (χ0) is 20.7.